The van der Waals surface area contributed by atoms with Crippen molar-refractivity contribution < 1.29 is 22.8 Å². The van der Waals surface area contributed by atoms with Gasteiger partial charge in [0.25, 0.3) is 11.8 Å². The Kier molecular flexibility index (Phi) is 5.53. The van der Waals surface area contributed by atoms with Gasteiger partial charge in [-0.05, 0) is 30.5 Å². The van der Waals surface area contributed by atoms with Gasteiger partial charge < -0.3 is 10.2 Å². The summed E-state index contributed by atoms with van der Waals surface area (Å²) in [7, 11) is 0. The standard InChI is InChI=1S/C21H23F3N4O2/c22-21(23,24)15-6-4-5-14(11-15)13-27-9-10-28-18(20(27)30)12-17(26-28)19(29)25-16-7-2-1-3-8-16/h4-6,11-12,16H,1-3,7-10,13H2,(H,25,29). The first-order chi connectivity index (χ1) is 14.3. The normalized spacial score (nSPS) is 17.7. The summed E-state index contributed by atoms with van der Waals surface area (Å²) in [5.41, 5.74) is 0.143. The lowest BCUT2D eigenvalue weighted by Gasteiger charge is -2.27. The van der Waals surface area contributed by atoms with E-state index in [1.807, 2.05) is 0 Å². The second-order valence-electron chi connectivity index (χ2n) is 7.87. The van der Waals surface area contributed by atoms with Crippen LogP contribution in [0.15, 0.2) is 30.3 Å². The number of fused-ring (bicyclic) bond motifs is 1. The number of rotatable bonds is 4. The van der Waals surface area contributed by atoms with E-state index in [2.05, 4.69) is 10.4 Å². The summed E-state index contributed by atoms with van der Waals surface area (Å²) < 4.78 is 40.3. The molecule has 1 aromatic carbocycles. The topological polar surface area (TPSA) is 67.2 Å². The Labute approximate surface area is 172 Å². The second-order valence-corrected chi connectivity index (χ2v) is 7.87. The fraction of sp³-hybridized carbons (Fsp3) is 0.476. The number of halogens is 3. The van der Waals surface area contributed by atoms with Crippen LogP contribution in [-0.2, 0) is 19.3 Å². The molecule has 0 unspecified atom stereocenters. The van der Waals surface area contributed by atoms with Crippen molar-refractivity contribution in [3.05, 3.63) is 52.8 Å². The minimum atomic E-state index is -4.43. The van der Waals surface area contributed by atoms with Crippen LogP contribution in [0.2, 0.25) is 0 Å². The molecule has 1 saturated carbocycles. The van der Waals surface area contributed by atoms with Crippen molar-refractivity contribution in [3.63, 3.8) is 0 Å². The molecule has 1 aliphatic heterocycles. The van der Waals surface area contributed by atoms with Crippen molar-refractivity contribution in [2.45, 2.75) is 57.4 Å². The van der Waals surface area contributed by atoms with Crippen molar-refractivity contribution in [2.24, 2.45) is 0 Å². The third-order valence-corrected chi connectivity index (χ3v) is 5.67. The summed E-state index contributed by atoms with van der Waals surface area (Å²) in [5, 5.41) is 7.25. The van der Waals surface area contributed by atoms with Crippen LogP contribution in [0.5, 0.6) is 0 Å². The fourth-order valence-electron chi connectivity index (χ4n) is 4.07. The van der Waals surface area contributed by atoms with Crippen LogP contribution in [0.3, 0.4) is 0 Å². The highest BCUT2D eigenvalue weighted by Crippen LogP contribution is 2.30. The molecule has 0 radical (unpaired) electrons. The van der Waals surface area contributed by atoms with E-state index in [0.717, 1.165) is 37.8 Å². The maximum absolute atomic E-state index is 12.9. The maximum atomic E-state index is 12.9. The average Bonchev–Trinajstić information content (AvgIpc) is 3.16. The molecule has 2 aromatic rings. The molecular formula is C21H23F3N4O2. The van der Waals surface area contributed by atoms with Crippen LogP contribution in [-0.4, -0.2) is 39.1 Å². The zero-order chi connectivity index (χ0) is 21.3. The lowest BCUT2D eigenvalue weighted by molar-refractivity contribution is -0.137. The Morgan fingerprint density at radius 1 is 1.13 bits per heavy atom. The van der Waals surface area contributed by atoms with Crippen LogP contribution >= 0.6 is 0 Å². The highest BCUT2D eigenvalue weighted by Gasteiger charge is 2.32. The molecular weight excluding hydrogens is 397 g/mol. The number of carbonyl (C=O) groups is 2. The minimum Gasteiger partial charge on any atom is -0.348 e. The molecule has 1 fully saturated rings. The number of nitrogens with zero attached hydrogens (tertiary/aromatic N) is 3. The van der Waals surface area contributed by atoms with Crippen LogP contribution in [0.25, 0.3) is 0 Å². The van der Waals surface area contributed by atoms with E-state index in [-0.39, 0.29) is 35.8 Å². The van der Waals surface area contributed by atoms with Gasteiger partial charge in [0.05, 0.1) is 12.1 Å². The van der Waals surface area contributed by atoms with Crippen LogP contribution in [0, 0.1) is 0 Å². The van der Waals surface area contributed by atoms with Crippen molar-refractivity contribution in [2.75, 3.05) is 6.54 Å². The van der Waals surface area contributed by atoms with Crippen molar-refractivity contribution in [1.82, 2.24) is 20.0 Å². The van der Waals surface area contributed by atoms with Gasteiger partial charge in [-0.2, -0.15) is 18.3 Å². The van der Waals surface area contributed by atoms with E-state index in [1.54, 1.807) is 6.07 Å². The first kappa shape index (κ1) is 20.4. The number of carbonyl (C=O) groups excluding carboxylic acids is 2. The van der Waals surface area contributed by atoms with E-state index in [1.165, 1.54) is 28.1 Å². The Bertz CT molecular complexity index is 948. The lowest BCUT2D eigenvalue weighted by atomic mass is 9.95. The van der Waals surface area contributed by atoms with E-state index in [4.69, 9.17) is 0 Å². The number of aromatic nitrogens is 2. The van der Waals surface area contributed by atoms with Gasteiger partial charge in [0, 0.05) is 25.2 Å². The van der Waals surface area contributed by atoms with E-state index in [0.29, 0.717) is 18.7 Å². The molecule has 1 N–H and O–H groups in total. The van der Waals surface area contributed by atoms with Gasteiger partial charge in [0.15, 0.2) is 5.69 Å². The van der Waals surface area contributed by atoms with Crippen LogP contribution < -0.4 is 5.32 Å². The molecule has 4 rings (SSSR count). The molecule has 0 bridgehead atoms. The number of hydrogen-bond donors (Lipinski definition) is 1. The van der Waals surface area contributed by atoms with Gasteiger partial charge in [-0.3, -0.25) is 14.3 Å². The van der Waals surface area contributed by atoms with Gasteiger partial charge in [0.2, 0.25) is 0 Å². The molecule has 2 amide bonds. The molecule has 1 aromatic heterocycles. The number of nitrogens with one attached hydrogen (secondary N) is 1. The predicted molar refractivity (Wildman–Crippen MR) is 103 cm³/mol. The highest BCUT2D eigenvalue weighted by atomic mass is 19.4. The molecule has 0 saturated heterocycles. The molecule has 9 heteroatoms. The fourth-order valence-corrected chi connectivity index (χ4v) is 4.07. The van der Waals surface area contributed by atoms with Crippen LogP contribution in [0.4, 0.5) is 13.2 Å². The Balaban J connectivity index is 1.45. The van der Waals surface area contributed by atoms with Gasteiger partial charge in [-0.1, -0.05) is 31.4 Å². The van der Waals surface area contributed by atoms with E-state index in [9.17, 15) is 22.8 Å². The number of benzene rings is 1. The summed E-state index contributed by atoms with van der Waals surface area (Å²) in [6, 6.07) is 6.58. The Hall–Kier alpha value is -2.84. The maximum Gasteiger partial charge on any atom is 0.416 e. The third kappa shape index (κ3) is 4.34. The Morgan fingerprint density at radius 3 is 2.63 bits per heavy atom. The molecule has 30 heavy (non-hydrogen) atoms. The number of alkyl halides is 3. The van der Waals surface area contributed by atoms with Gasteiger partial charge in [0.1, 0.15) is 5.69 Å². The Morgan fingerprint density at radius 2 is 1.90 bits per heavy atom. The second kappa shape index (κ2) is 8.12. The molecule has 6 nitrogen and oxygen atoms in total. The first-order valence-electron chi connectivity index (χ1n) is 10.2. The molecule has 2 heterocycles. The SMILES string of the molecule is O=C(NC1CCCCC1)c1cc2n(n1)CCN(Cc1cccc(C(F)(F)F)c1)C2=O. The summed E-state index contributed by atoms with van der Waals surface area (Å²) in [6.45, 7) is 0.766. The summed E-state index contributed by atoms with van der Waals surface area (Å²) in [5.74, 6) is -0.635. The first-order valence-corrected chi connectivity index (χ1v) is 10.2. The third-order valence-electron chi connectivity index (χ3n) is 5.67. The van der Waals surface area contributed by atoms with Crippen molar-refractivity contribution in [3.8, 4) is 0 Å². The molecule has 2 aliphatic rings. The quantitative estimate of drug-likeness (QED) is 0.822. The molecule has 1 aliphatic carbocycles. The lowest BCUT2D eigenvalue weighted by Crippen LogP contribution is -2.39. The summed E-state index contributed by atoms with van der Waals surface area (Å²) in [6.07, 6.45) is 0.829. The number of hydrogen-bond acceptors (Lipinski definition) is 3. The average molecular weight is 420 g/mol. The number of amides is 2. The molecule has 160 valence electrons. The van der Waals surface area contributed by atoms with E-state index >= 15 is 0 Å². The predicted octanol–water partition coefficient (Wildman–Crippen LogP) is 3.62. The molecule has 0 spiro atoms. The van der Waals surface area contributed by atoms with Gasteiger partial charge >= 0.3 is 6.18 Å². The zero-order valence-corrected chi connectivity index (χ0v) is 16.4. The van der Waals surface area contributed by atoms with Gasteiger partial charge in [-0.15, -0.1) is 0 Å². The van der Waals surface area contributed by atoms with Crippen molar-refractivity contribution >= 4 is 11.8 Å². The smallest absolute Gasteiger partial charge is 0.348 e. The molecule has 0 atom stereocenters. The largest absolute Gasteiger partial charge is 0.416 e. The van der Waals surface area contributed by atoms with Crippen LogP contribution in [0.1, 0.15) is 64.2 Å². The zero-order valence-electron chi connectivity index (χ0n) is 16.4. The minimum absolute atomic E-state index is 0.0670. The monoisotopic (exact) mass is 420 g/mol. The highest BCUT2D eigenvalue weighted by molar-refractivity contribution is 5.98. The van der Waals surface area contributed by atoms with Crippen molar-refractivity contribution in [1.29, 1.82) is 0 Å². The van der Waals surface area contributed by atoms with E-state index < -0.39 is 11.7 Å². The summed E-state index contributed by atoms with van der Waals surface area (Å²) in [4.78, 5) is 26.8. The summed E-state index contributed by atoms with van der Waals surface area (Å²) >= 11 is 0. The van der Waals surface area contributed by atoms with Gasteiger partial charge in [-0.25, -0.2) is 0 Å².